The Labute approximate surface area is 134 Å². The largest absolute Gasteiger partial charge is 0.179 e. The molecule has 0 aliphatic carbocycles. The molecule has 0 fully saturated rings. The zero-order chi connectivity index (χ0) is 14.5. The van der Waals surface area contributed by atoms with E-state index in [0.717, 1.165) is 61.2 Å². The predicted octanol–water partition coefficient (Wildman–Crippen LogP) is 4.59. The maximum Gasteiger partial charge on any atom is 0.0401 e. The van der Waals surface area contributed by atoms with Gasteiger partial charge in [-0.1, -0.05) is 35.8 Å². The molecule has 0 unspecified atom stereocenters. The highest BCUT2D eigenvalue weighted by Crippen LogP contribution is 2.06. The van der Waals surface area contributed by atoms with Crippen molar-refractivity contribution in [1.82, 2.24) is 0 Å². The van der Waals surface area contributed by atoms with Gasteiger partial charge in [0.25, 0.3) is 0 Å². The Bertz CT molecular complexity index is 450. The molecule has 0 aromatic heterocycles. The molecule has 1 rings (SSSR count). The number of thiol groups is 2. The van der Waals surface area contributed by atoms with Gasteiger partial charge in [-0.25, -0.2) is 0 Å². The topological polar surface area (TPSA) is 0 Å². The Morgan fingerprint density at radius 1 is 0.700 bits per heavy atom. The van der Waals surface area contributed by atoms with E-state index in [9.17, 15) is 0 Å². The lowest BCUT2D eigenvalue weighted by Gasteiger charge is -1.95. The zero-order valence-corrected chi connectivity index (χ0v) is 13.6. The van der Waals surface area contributed by atoms with E-state index in [1.807, 2.05) is 24.3 Å². The molecule has 0 aliphatic heterocycles. The van der Waals surface area contributed by atoms with Gasteiger partial charge in [-0.2, -0.15) is 25.3 Å². The lowest BCUT2D eigenvalue weighted by atomic mass is 10.1. The molecular weight excluding hydrogens is 280 g/mol. The number of hydrogen-bond donors (Lipinski definition) is 2. The Hall–Kier alpha value is -0.960. The van der Waals surface area contributed by atoms with Gasteiger partial charge in [0.1, 0.15) is 0 Å². The van der Waals surface area contributed by atoms with Gasteiger partial charge in [-0.05, 0) is 49.3 Å². The van der Waals surface area contributed by atoms with Crippen LogP contribution in [0.4, 0.5) is 0 Å². The van der Waals surface area contributed by atoms with Gasteiger partial charge in [0, 0.05) is 24.0 Å². The van der Waals surface area contributed by atoms with Gasteiger partial charge in [0.15, 0.2) is 0 Å². The molecule has 0 spiro atoms. The van der Waals surface area contributed by atoms with Crippen LogP contribution in [-0.2, 0) is 0 Å². The van der Waals surface area contributed by atoms with Crippen LogP contribution in [0.15, 0.2) is 24.3 Å². The van der Waals surface area contributed by atoms with Crippen molar-refractivity contribution in [2.75, 3.05) is 11.5 Å². The summed E-state index contributed by atoms with van der Waals surface area (Å²) < 4.78 is 0. The Morgan fingerprint density at radius 2 is 1.15 bits per heavy atom. The van der Waals surface area contributed by atoms with Crippen LogP contribution in [0.3, 0.4) is 0 Å². The Morgan fingerprint density at radius 3 is 1.55 bits per heavy atom. The van der Waals surface area contributed by atoms with Gasteiger partial charge in [-0.15, -0.1) is 0 Å². The molecule has 0 saturated carbocycles. The minimum Gasteiger partial charge on any atom is -0.179 e. The van der Waals surface area contributed by atoms with Crippen LogP contribution in [0.25, 0.3) is 0 Å². The highest BCUT2D eigenvalue weighted by atomic mass is 32.1. The zero-order valence-electron chi connectivity index (χ0n) is 11.9. The quantitative estimate of drug-likeness (QED) is 0.428. The van der Waals surface area contributed by atoms with Gasteiger partial charge in [-0.3, -0.25) is 0 Å². The Balaban J connectivity index is 2.58. The second-order valence-corrected chi connectivity index (χ2v) is 5.40. The van der Waals surface area contributed by atoms with Crippen molar-refractivity contribution in [2.24, 2.45) is 0 Å². The number of rotatable bonds is 6. The van der Waals surface area contributed by atoms with E-state index in [1.54, 1.807) is 0 Å². The molecule has 1 aromatic carbocycles. The summed E-state index contributed by atoms with van der Waals surface area (Å²) in [7, 11) is 0. The predicted molar refractivity (Wildman–Crippen MR) is 95.6 cm³/mol. The molecule has 0 radical (unpaired) electrons. The lowest BCUT2D eigenvalue weighted by molar-refractivity contribution is 0.838. The van der Waals surface area contributed by atoms with Crippen LogP contribution < -0.4 is 0 Å². The van der Waals surface area contributed by atoms with Crippen LogP contribution in [0, 0.1) is 23.7 Å². The van der Waals surface area contributed by atoms with E-state index < -0.39 is 0 Å². The molecule has 0 nitrogen and oxygen atoms in total. The number of hydrogen-bond acceptors (Lipinski definition) is 2. The third-order valence-corrected chi connectivity index (χ3v) is 3.43. The summed E-state index contributed by atoms with van der Waals surface area (Å²) in [6, 6.07) is 8.13. The highest BCUT2D eigenvalue weighted by molar-refractivity contribution is 7.80. The van der Waals surface area contributed by atoms with Crippen molar-refractivity contribution in [1.29, 1.82) is 0 Å². The smallest absolute Gasteiger partial charge is 0.0401 e. The van der Waals surface area contributed by atoms with E-state index in [1.165, 1.54) is 0 Å². The molecule has 0 aliphatic rings. The van der Waals surface area contributed by atoms with Crippen molar-refractivity contribution < 1.29 is 0 Å². The second kappa shape index (κ2) is 11.8. The van der Waals surface area contributed by atoms with Crippen molar-refractivity contribution >= 4 is 25.3 Å². The minimum absolute atomic E-state index is 0.935. The molecule has 0 amide bonds. The summed E-state index contributed by atoms with van der Waals surface area (Å²) in [6.45, 7) is 0. The summed E-state index contributed by atoms with van der Waals surface area (Å²) in [6.07, 6.45) is 6.37. The molecule has 20 heavy (non-hydrogen) atoms. The molecule has 106 valence electrons. The molecular formula is C18H22S2. The molecule has 0 bridgehead atoms. The fraction of sp³-hybridized carbons (Fsp3) is 0.444. The fourth-order valence-electron chi connectivity index (χ4n) is 1.67. The molecule has 0 N–H and O–H groups in total. The minimum atomic E-state index is 0.935. The standard InChI is InChI=1S/C18H22S2/c19-15-9-3-1-5-11-17-13-7-8-14-18(17)12-6-2-4-10-16-20/h7-8,13-14,19-20H,1-4,9-10,15-16H2. The van der Waals surface area contributed by atoms with Gasteiger partial charge in [0.05, 0.1) is 0 Å². The van der Waals surface area contributed by atoms with Crippen LogP contribution in [-0.4, -0.2) is 11.5 Å². The summed E-state index contributed by atoms with van der Waals surface area (Å²) in [5, 5.41) is 0. The molecule has 0 saturated heterocycles. The number of benzene rings is 1. The first kappa shape index (κ1) is 17.1. The van der Waals surface area contributed by atoms with Crippen molar-refractivity contribution in [3.05, 3.63) is 35.4 Å². The van der Waals surface area contributed by atoms with E-state index in [-0.39, 0.29) is 0 Å². The van der Waals surface area contributed by atoms with Crippen molar-refractivity contribution in [3.63, 3.8) is 0 Å². The van der Waals surface area contributed by atoms with Crippen LogP contribution in [0.1, 0.15) is 49.7 Å². The third-order valence-electron chi connectivity index (χ3n) is 2.79. The third kappa shape index (κ3) is 7.59. The van der Waals surface area contributed by atoms with E-state index in [2.05, 4.69) is 48.9 Å². The summed E-state index contributed by atoms with van der Waals surface area (Å²) in [4.78, 5) is 0. The lowest BCUT2D eigenvalue weighted by Crippen LogP contribution is -1.83. The van der Waals surface area contributed by atoms with Gasteiger partial charge < -0.3 is 0 Å². The van der Waals surface area contributed by atoms with E-state index in [0.29, 0.717) is 0 Å². The second-order valence-electron chi connectivity index (χ2n) is 4.51. The molecule has 2 heteroatoms. The van der Waals surface area contributed by atoms with Crippen LogP contribution in [0.2, 0.25) is 0 Å². The van der Waals surface area contributed by atoms with Crippen LogP contribution in [0.5, 0.6) is 0 Å². The first-order chi connectivity index (χ1) is 9.88. The molecule has 1 aromatic rings. The summed E-state index contributed by atoms with van der Waals surface area (Å²) in [5.41, 5.74) is 2.08. The average Bonchev–Trinajstić information content (AvgIpc) is 2.48. The SMILES string of the molecule is SCCCCC#Cc1ccccc1C#CCCCCS. The first-order valence-corrected chi connectivity index (χ1v) is 8.43. The highest BCUT2D eigenvalue weighted by Gasteiger charge is 1.94. The normalized spacial score (nSPS) is 9.30. The van der Waals surface area contributed by atoms with Crippen molar-refractivity contribution in [2.45, 2.75) is 38.5 Å². The number of unbranched alkanes of at least 4 members (excludes halogenated alkanes) is 4. The summed E-state index contributed by atoms with van der Waals surface area (Å²) >= 11 is 8.40. The first-order valence-electron chi connectivity index (χ1n) is 7.17. The van der Waals surface area contributed by atoms with E-state index >= 15 is 0 Å². The van der Waals surface area contributed by atoms with Crippen molar-refractivity contribution in [3.8, 4) is 23.7 Å². The van der Waals surface area contributed by atoms with Crippen LogP contribution >= 0.6 is 25.3 Å². The molecule has 0 heterocycles. The summed E-state index contributed by atoms with van der Waals surface area (Å²) in [5.74, 6) is 14.8. The monoisotopic (exact) mass is 302 g/mol. The average molecular weight is 303 g/mol. The fourth-order valence-corrected chi connectivity index (χ4v) is 2.11. The Kier molecular flexibility index (Phi) is 10.1. The maximum atomic E-state index is 4.20. The van der Waals surface area contributed by atoms with Gasteiger partial charge >= 0.3 is 0 Å². The maximum absolute atomic E-state index is 4.20. The van der Waals surface area contributed by atoms with Gasteiger partial charge in [0.2, 0.25) is 0 Å². The molecule has 0 atom stereocenters. The van der Waals surface area contributed by atoms with E-state index in [4.69, 9.17) is 0 Å².